The van der Waals surface area contributed by atoms with Gasteiger partial charge in [-0.2, -0.15) is 0 Å². The van der Waals surface area contributed by atoms with Gasteiger partial charge in [0.2, 0.25) is 0 Å². The molecule has 21 heavy (non-hydrogen) atoms. The summed E-state index contributed by atoms with van der Waals surface area (Å²) in [5, 5.41) is 4.06. The molecule has 0 saturated heterocycles. The van der Waals surface area contributed by atoms with Crippen LogP contribution >= 0.6 is 0 Å². The molecule has 4 rings (SSSR count). The maximum absolute atomic E-state index is 5.56. The highest BCUT2D eigenvalue weighted by molar-refractivity contribution is 5.97. The number of fused-ring (bicyclic) bond motifs is 3. The molecule has 1 aliphatic heterocycles. The van der Waals surface area contributed by atoms with Crippen LogP contribution in [-0.2, 0) is 0 Å². The van der Waals surface area contributed by atoms with Crippen LogP contribution in [0.1, 0.15) is 5.56 Å². The highest BCUT2D eigenvalue weighted by atomic mass is 16.6. The minimum atomic E-state index is 0.789. The van der Waals surface area contributed by atoms with Crippen molar-refractivity contribution in [1.29, 1.82) is 0 Å². The lowest BCUT2D eigenvalue weighted by atomic mass is 9.91. The molecule has 100 valence electrons. The molecule has 0 radical (unpaired) electrons. The van der Waals surface area contributed by atoms with Crippen LogP contribution < -0.4 is 4.84 Å². The summed E-state index contributed by atoms with van der Waals surface area (Å²) in [6.07, 6.45) is 1.77. The van der Waals surface area contributed by atoms with Gasteiger partial charge in [0.15, 0.2) is 5.75 Å². The number of hydrogen-bond donors (Lipinski definition) is 0. The van der Waals surface area contributed by atoms with Crippen LogP contribution in [0.3, 0.4) is 0 Å². The average Bonchev–Trinajstić information content (AvgIpc) is 2.75. The van der Waals surface area contributed by atoms with Crippen LogP contribution in [0.25, 0.3) is 22.3 Å². The highest BCUT2D eigenvalue weighted by Crippen LogP contribution is 2.41. The molecule has 0 atom stereocenters. The normalized spacial score (nSPS) is 12.0. The molecule has 3 aromatic carbocycles. The largest absolute Gasteiger partial charge is 0.356 e. The molecule has 0 saturated carbocycles. The Morgan fingerprint density at radius 1 is 0.667 bits per heavy atom. The highest BCUT2D eigenvalue weighted by Gasteiger charge is 2.17. The van der Waals surface area contributed by atoms with E-state index in [1.807, 2.05) is 30.3 Å². The summed E-state index contributed by atoms with van der Waals surface area (Å²) in [6.45, 7) is 0. The van der Waals surface area contributed by atoms with E-state index in [1.165, 1.54) is 5.56 Å². The van der Waals surface area contributed by atoms with E-state index >= 15 is 0 Å². The molecule has 0 bridgehead atoms. The van der Waals surface area contributed by atoms with Gasteiger partial charge in [-0.25, -0.2) is 0 Å². The Kier molecular flexibility index (Phi) is 2.79. The number of oxime groups is 1. The van der Waals surface area contributed by atoms with E-state index in [4.69, 9.17) is 4.84 Å². The van der Waals surface area contributed by atoms with E-state index < -0.39 is 0 Å². The monoisotopic (exact) mass is 271 g/mol. The zero-order valence-electron chi connectivity index (χ0n) is 11.4. The number of rotatable bonds is 1. The van der Waals surface area contributed by atoms with Crippen molar-refractivity contribution < 1.29 is 4.84 Å². The van der Waals surface area contributed by atoms with Crippen molar-refractivity contribution in [3.63, 3.8) is 0 Å². The van der Waals surface area contributed by atoms with E-state index in [0.717, 1.165) is 28.0 Å². The summed E-state index contributed by atoms with van der Waals surface area (Å²) in [5.41, 5.74) is 5.64. The minimum absolute atomic E-state index is 0.789. The molecule has 1 aliphatic rings. The second-order valence-corrected chi connectivity index (χ2v) is 4.96. The lowest BCUT2D eigenvalue weighted by molar-refractivity contribution is 0.346. The predicted octanol–water partition coefficient (Wildman–Crippen LogP) is 4.75. The number of benzene rings is 3. The second-order valence-electron chi connectivity index (χ2n) is 4.96. The van der Waals surface area contributed by atoms with Crippen molar-refractivity contribution in [2.75, 3.05) is 0 Å². The summed E-state index contributed by atoms with van der Waals surface area (Å²) in [6, 6.07) is 24.7. The van der Waals surface area contributed by atoms with Crippen LogP contribution in [-0.4, -0.2) is 6.21 Å². The van der Waals surface area contributed by atoms with E-state index in [0.29, 0.717) is 0 Å². The Labute approximate surface area is 123 Å². The molecule has 0 amide bonds. The van der Waals surface area contributed by atoms with Gasteiger partial charge in [0.1, 0.15) is 0 Å². The van der Waals surface area contributed by atoms with Gasteiger partial charge in [-0.3, -0.25) is 0 Å². The summed E-state index contributed by atoms with van der Waals surface area (Å²) in [4.78, 5) is 5.56. The van der Waals surface area contributed by atoms with E-state index in [2.05, 4.69) is 47.6 Å². The topological polar surface area (TPSA) is 21.6 Å². The summed E-state index contributed by atoms with van der Waals surface area (Å²) < 4.78 is 0. The Hall–Kier alpha value is -2.87. The summed E-state index contributed by atoms with van der Waals surface area (Å²) in [5.74, 6) is 0.789. The minimum Gasteiger partial charge on any atom is -0.356 e. The van der Waals surface area contributed by atoms with Gasteiger partial charge >= 0.3 is 0 Å². The van der Waals surface area contributed by atoms with Gasteiger partial charge in [-0.1, -0.05) is 71.9 Å². The molecule has 0 N–H and O–H groups in total. The maximum atomic E-state index is 5.56. The van der Waals surface area contributed by atoms with Crippen molar-refractivity contribution in [2.45, 2.75) is 0 Å². The zero-order chi connectivity index (χ0) is 14.1. The maximum Gasteiger partial charge on any atom is 0.166 e. The summed E-state index contributed by atoms with van der Waals surface area (Å²) in [7, 11) is 0. The van der Waals surface area contributed by atoms with Crippen LogP contribution in [0, 0.1) is 0 Å². The van der Waals surface area contributed by atoms with Crippen LogP contribution in [0.4, 0.5) is 0 Å². The molecular weight excluding hydrogens is 258 g/mol. The predicted molar refractivity (Wildman–Crippen MR) is 85.5 cm³/mol. The number of hydrogen-bond acceptors (Lipinski definition) is 2. The van der Waals surface area contributed by atoms with Crippen molar-refractivity contribution in [3.05, 3.63) is 78.4 Å². The Morgan fingerprint density at radius 3 is 2.33 bits per heavy atom. The SMILES string of the molecule is C1=NOc2cccc(-c3ccccc3)c2-c2ccccc21. The first-order valence-corrected chi connectivity index (χ1v) is 6.92. The molecule has 0 aliphatic carbocycles. The first-order chi connectivity index (χ1) is 10.4. The molecule has 3 aromatic rings. The molecule has 0 spiro atoms. The Bertz CT molecular complexity index is 822. The third kappa shape index (κ3) is 2.01. The van der Waals surface area contributed by atoms with Crippen LogP contribution in [0.15, 0.2) is 78.0 Å². The van der Waals surface area contributed by atoms with Gasteiger partial charge in [0, 0.05) is 11.1 Å². The fourth-order valence-electron chi connectivity index (χ4n) is 2.72. The third-order valence-electron chi connectivity index (χ3n) is 3.68. The van der Waals surface area contributed by atoms with Crippen molar-refractivity contribution in [3.8, 4) is 28.0 Å². The van der Waals surface area contributed by atoms with Gasteiger partial charge in [0.05, 0.1) is 6.21 Å². The zero-order valence-corrected chi connectivity index (χ0v) is 11.4. The van der Waals surface area contributed by atoms with E-state index in [1.54, 1.807) is 6.21 Å². The molecule has 0 unspecified atom stereocenters. The quantitative estimate of drug-likeness (QED) is 0.626. The van der Waals surface area contributed by atoms with Crippen LogP contribution in [0.2, 0.25) is 0 Å². The first-order valence-electron chi connectivity index (χ1n) is 6.92. The molecule has 2 nitrogen and oxygen atoms in total. The fourth-order valence-corrected chi connectivity index (χ4v) is 2.72. The fraction of sp³-hybridized carbons (Fsp3) is 0. The van der Waals surface area contributed by atoms with Crippen LogP contribution in [0.5, 0.6) is 5.75 Å². The second kappa shape index (κ2) is 4.91. The standard InChI is InChI=1S/C19H13NO/c1-2-7-14(8-3-1)16-11-6-12-18-19(16)17-10-5-4-9-15(17)13-20-21-18/h1-13H. The molecule has 0 aromatic heterocycles. The Balaban J connectivity index is 2.04. The third-order valence-corrected chi connectivity index (χ3v) is 3.68. The van der Waals surface area contributed by atoms with Crippen molar-refractivity contribution >= 4 is 6.21 Å². The van der Waals surface area contributed by atoms with Gasteiger partial charge in [-0.15, -0.1) is 0 Å². The Morgan fingerprint density at radius 2 is 1.43 bits per heavy atom. The number of nitrogens with zero attached hydrogens (tertiary/aromatic N) is 1. The van der Waals surface area contributed by atoms with E-state index in [-0.39, 0.29) is 0 Å². The van der Waals surface area contributed by atoms with E-state index in [9.17, 15) is 0 Å². The summed E-state index contributed by atoms with van der Waals surface area (Å²) >= 11 is 0. The van der Waals surface area contributed by atoms with Crippen molar-refractivity contribution in [1.82, 2.24) is 0 Å². The smallest absolute Gasteiger partial charge is 0.166 e. The lowest BCUT2D eigenvalue weighted by Gasteiger charge is -2.13. The van der Waals surface area contributed by atoms with Gasteiger partial charge < -0.3 is 4.84 Å². The van der Waals surface area contributed by atoms with Crippen molar-refractivity contribution in [2.24, 2.45) is 5.16 Å². The van der Waals surface area contributed by atoms with Gasteiger partial charge in [-0.05, 0) is 22.8 Å². The molecule has 1 heterocycles. The van der Waals surface area contributed by atoms with Gasteiger partial charge in [0.25, 0.3) is 0 Å². The molecular formula is C19H13NO. The molecule has 2 heteroatoms. The first kappa shape index (κ1) is 11.9. The lowest BCUT2D eigenvalue weighted by Crippen LogP contribution is -1.90. The average molecular weight is 271 g/mol. The molecule has 0 fully saturated rings.